The zero-order valence-electron chi connectivity index (χ0n) is 16.6. The van der Waals surface area contributed by atoms with Crippen LogP contribution in [-0.2, 0) is 11.2 Å². The maximum absolute atomic E-state index is 11.0. The summed E-state index contributed by atoms with van der Waals surface area (Å²) in [5.74, 6) is 1.35. The van der Waals surface area contributed by atoms with Crippen LogP contribution in [0.15, 0.2) is 54.6 Å². The number of anilines is 1. The predicted octanol–water partition coefficient (Wildman–Crippen LogP) is 1.92. The highest BCUT2D eigenvalue weighted by molar-refractivity contribution is 5.88. The molecule has 1 heterocycles. The molecule has 1 fully saturated rings. The first-order chi connectivity index (χ1) is 13.6. The number of aliphatic hydroxyl groups is 1. The molecule has 1 saturated heterocycles. The number of aliphatic hydroxyl groups excluding tert-OH is 1. The molecular weight excluding hydrogens is 352 g/mol. The minimum Gasteiger partial charge on any atom is -0.491 e. The van der Waals surface area contributed by atoms with Gasteiger partial charge >= 0.3 is 0 Å². The summed E-state index contributed by atoms with van der Waals surface area (Å²) in [5.41, 5.74) is 2.16. The number of hydrogen-bond acceptors (Lipinski definition) is 3. The molecule has 3 N–H and O–H groups in total. The Morgan fingerprint density at radius 2 is 1.82 bits per heavy atom. The van der Waals surface area contributed by atoms with Crippen molar-refractivity contribution in [2.24, 2.45) is 5.92 Å². The predicted molar refractivity (Wildman–Crippen MR) is 111 cm³/mol. The summed E-state index contributed by atoms with van der Waals surface area (Å²) < 4.78 is 5.69. The van der Waals surface area contributed by atoms with Gasteiger partial charge in [0.2, 0.25) is 5.91 Å². The lowest BCUT2D eigenvalue weighted by atomic mass is 9.90. The quantitative estimate of drug-likeness (QED) is 0.653. The van der Waals surface area contributed by atoms with E-state index in [9.17, 15) is 9.90 Å². The van der Waals surface area contributed by atoms with E-state index >= 15 is 0 Å². The molecule has 150 valence electrons. The second-order valence-corrected chi connectivity index (χ2v) is 7.76. The Balaban J connectivity index is 1.35. The summed E-state index contributed by atoms with van der Waals surface area (Å²) in [6.07, 6.45) is 3.11. The van der Waals surface area contributed by atoms with Gasteiger partial charge in [-0.25, -0.2) is 0 Å². The maximum atomic E-state index is 11.0. The first-order valence-electron chi connectivity index (χ1n) is 10.1. The van der Waals surface area contributed by atoms with Crippen molar-refractivity contribution in [3.8, 4) is 5.75 Å². The Bertz CT molecular complexity index is 725. The molecule has 1 aliphatic rings. The second kappa shape index (κ2) is 10.2. The highest BCUT2D eigenvalue weighted by Crippen LogP contribution is 2.17. The lowest BCUT2D eigenvalue weighted by Gasteiger charge is -2.30. The van der Waals surface area contributed by atoms with E-state index in [2.05, 4.69) is 35.6 Å². The third-order valence-corrected chi connectivity index (χ3v) is 5.32. The molecule has 0 aliphatic carbocycles. The van der Waals surface area contributed by atoms with Crippen molar-refractivity contribution in [3.05, 3.63) is 60.2 Å². The summed E-state index contributed by atoms with van der Waals surface area (Å²) in [6.45, 7) is 4.71. The molecule has 0 radical (unpaired) electrons. The first-order valence-corrected chi connectivity index (χ1v) is 10.1. The Kier molecular flexibility index (Phi) is 7.46. The third-order valence-electron chi connectivity index (χ3n) is 5.32. The molecular formula is C23H31N2O3+. The monoisotopic (exact) mass is 383 g/mol. The van der Waals surface area contributed by atoms with Gasteiger partial charge < -0.3 is 20.1 Å². The van der Waals surface area contributed by atoms with Crippen LogP contribution in [0.25, 0.3) is 0 Å². The van der Waals surface area contributed by atoms with Crippen molar-refractivity contribution >= 4 is 11.6 Å². The van der Waals surface area contributed by atoms with Crippen LogP contribution in [0.4, 0.5) is 5.69 Å². The summed E-state index contributed by atoms with van der Waals surface area (Å²) in [7, 11) is 0. The van der Waals surface area contributed by atoms with Crippen molar-refractivity contribution in [2.75, 3.05) is 31.6 Å². The topological polar surface area (TPSA) is 63.0 Å². The van der Waals surface area contributed by atoms with Crippen LogP contribution in [0, 0.1) is 5.92 Å². The summed E-state index contributed by atoms with van der Waals surface area (Å²) in [5, 5.41) is 13.1. The van der Waals surface area contributed by atoms with Crippen LogP contribution < -0.4 is 15.0 Å². The standard InChI is InChI=1S/C23H30N2O3/c1-18(26)24-21-7-9-23(10-8-21)28-17-22(27)16-25-13-11-20(12-14-25)15-19-5-3-2-4-6-19/h2-10,20,22,27H,11-17H2,1H3,(H,24,26)/p+1/t22-/m0/s1. The molecule has 3 rings (SSSR count). The van der Waals surface area contributed by atoms with E-state index in [1.54, 1.807) is 24.3 Å². The highest BCUT2D eigenvalue weighted by atomic mass is 16.5. The molecule has 28 heavy (non-hydrogen) atoms. The Morgan fingerprint density at radius 3 is 2.46 bits per heavy atom. The van der Waals surface area contributed by atoms with Crippen LogP contribution in [0.1, 0.15) is 25.3 Å². The van der Waals surface area contributed by atoms with E-state index in [0.717, 1.165) is 37.7 Å². The number of quaternary nitrogens is 1. The SMILES string of the molecule is CC(=O)Nc1ccc(OC[C@@H](O)C[NH+]2CCC(Cc3ccccc3)CC2)cc1. The summed E-state index contributed by atoms with van der Waals surface area (Å²) in [6, 6.07) is 17.9. The van der Waals surface area contributed by atoms with Crippen LogP contribution in [0.5, 0.6) is 5.75 Å². The van der Waals surface area contributed by atoms with Gasteiger partial charge in [-0.1, -0.05) is 30.3 Å². The van der Waals surface area contributed by atoms with E-state index in [1.807, 2.05) is 0 Å². The van der Waals surface area contributed by atoms with E-state index in [4.69, 9.17) is 4.74 Å². The molecule has 2 aromatic carbocycles. The summed E-state index contributed by atoms with van der Waals surface area (Å²) >= 11 is 0. The number of carbonyl (C=O) groups excluding carboxylic acids is 1. The van der Waals surface area contributed by atoms with Crippen molar-refractivity contribution in [1.29, 1.82) is 0 Å². The average Bonchev–Trinajstić information content (AvgIpc) is 2.69. The molecule has 0 saturated carbocycles. The van der Waals surface area contributed by atoms with Crippen molar-refractivity contribution < 1.29 is 19.5 Å². The smallest absolute Gasteiger partial charge is 0.221 e. The molecule has 5 heteroatoms. The molecule has 2 aromatic rings. The lowest BCUT2D eigenvalue weighted by Crippen LogP contribution is -3.14. The molecule has 0 aromatic heterocycles. The molecule has 1 amide bonds. The van der Waals surface area contributed by atoms with Crippen molar-refractivity contribution in [2.45, 2.75) is 32.3 Å². The molecule has 0 spiro atoms. The number of carbonyl (C=O) groups is 1. The molecule has 0 bridgehead atoms. The largest absolute Gasteiger partial charge is 0.491 e. The highest BCUT2D eigenvalue weighted by Gasteiger charge is 2.24. The van der Waals surface area contributed by atoms with Crippen molar-refractivity contribution in [3.63, 3.8) is 0 Å². The van der Waals surface area contributed by atoms with Gasteiger partial charge in [0.05, 0.1) is 13.1 Å². The van der Waals surface area contributed by atoms with E-state index in [0.29, 0.717) is 5.75 Å². The van der Waals surface area contributed by atoms with Crippen LogP contribution in [-0.4, -0.2) is 43.4 Å². The fraction of sp³-hybridized carbons (Fsp3) is 0.435. The van der Waals surface area contributed by atoms with Crippen LogP contribution >= 0.6 is 0 Å². The summed E-state index contributed by atoms with van der Waals surface area (Å²) in [4.78, 5) is 12.5. The number of ether oxygens (including phenoxy) is 1. The number of hydrogen-bond donors (Lipinski definition) is 3. The van der Waals surface area contributed by atoms with Gasteiger partial charge in [0.25, 0.3) is 0 Å². The van der Waals surface area contributed by atoms with Gasteiger partial charge in [-0.3, -0.25) is 4.79 Å². The average molecular weight is 384 g/mol. The van der Waals surface area contributed by atoms with Gasteiger partial charge in [-0.05, 0) is 55.0 Å². The minimum absolute atomic E-state index is 0.0976. The van der Waals surface area contributed by atoms with Crippen LogP contribution in [0.3, 0.4) is 0 Å². The zero-order valence-corrected chi connectivity index (χ0v) is 16.6. The Labute approximate surface area is 167 Å². The molecule has 0 unspecified atom stereocenters. The fourth-order valence-corrected chi connectivity index (χ4v) is 3.86. The van der Waals surface area contributed by atoms with E-state index in [-0.39, 0.29) is 12.5 Å². The Hall–Kier alpha value is -2.37. The maximum Gasteiger partial charge on any atom is 0.221 e. The minimum atomic E-state index is -0.476. The lowest BCUT2D eigenvalue weighted by molar-refractivity contribution is -0.909. The fourth-order valence-electron chi connectivity index (χ4n) is 3.86. The zero-order chi connectivity index (χ0) is 19.8. The number of amides is 1. The third kappa shape index (κ3) is 6.66. The second-order valence-electron chi connectivity index (χ2n) is 7.76. The number of likely N-dealkylation sites (tertiary alicyclic amines) is 1. The number of piperidine rings is 1. The molecule has 5 nitrogen and oxygen atoms in total. The Morgan fingerprint density at radius 1 is 1.14 bits per heavy atom. The molecule has 1 aliphatic heterocycles. The van der Waals surface area contributed by atoms with Gasteiger partial charge in [-0.15, -0.1) is 0 Å². The van der Waals surface area contributed by atoms with E-state index < -0.39 is 6.10 Å². The molecule has 1 atom stereocenters. The van der Waals surface area contributed by atoms with Crippen LogP contribution in [0.2, 0.25) is 0 Å². The van der Waals surface area contributed by atoms with Crippen molar-refractivity contribution in [1.82, 2.24) is 0 Å². The first kappa shape index (κ1) is 20.4. The van der Waals surface area contributed by atoms with Gasteiger partial charge in [0.1, 0.15) is 25.0 Å². The number of benzene rings is 2. The van der Waals surface area contributed by atoms with Gasteiger partial charge in [0, 0.05) is 12.6 Å². The normalized spacial score (nSPS) is 20.4. The van der Waals surface area contributed by atoms with Gasteiger partial charge in [-0.2, -0.15) is 0 Å². The van der Waals surface area contributed by atoms with Gasteiger partial charge in [0.15, 0.2) is 0 Å². The number of rotatable bonds is 8. The van der Waals surface area contributed by atoms with E-state index in [1.165, 1.54) is 30.2 Å². The number of nitrogens with one attached hydrogen (secondary N) is 2.